The molecule has 0 saturated carbocycles. The van der Waals surface area contributed by atoms with Crippen LogP contribution in [0.5, 0.6) is 5.75 Å². The molecule has 0 aromatic heterocycles. The number of hydrogen-bond donors (Lipinski definition) is 1. The van der Waals surface area contributed by atoms with Crippen LogP contribution in [0.15, 0.2) is 17.2 Å². The van der Waals surface area contributed by atoms with Crippen molar-refractivity contribution in [2.24, 2.45) is 5.10 Å². The smallest absolute Gasteiger partial charge is 0.414 e. The van der Waals surface area contributed by atoms with E-state index < -0.39 is 6.09 Å². The molecule has 0 spiro atoms. The predicted octanol–water partition coefficient (Wildman–Crippen LogP) is 3.98. The Kier molecular flexibility index (Phi) is 6.59. The van der Waals surface area contributed by atoms with Crippen molar-refractivity contribution in [2.45, 2.75) is 19.3 Å². The maximum Gasteiger partial charge on any atom is 0.414 e. The highest BCUT2D eigenvalue weighted by atomic mass is 35.5. The normalized spacial score (nSPS) is 15.8. The van der Waals surface area contributed by atoms with E-state index in [1.165, 1.54) is 18.1 Å². The first-order chi connectivity index (χ1) is 11.6. The minimum Gasteiger partial charge on any atom is -0.479 e. The largest absolute Gasteiger partial charge is 0.479 e. The van der Waals surface area contributed by atoms with Crippen molar-refractivity contribution in [2.75, 3.05) is 25.7 Å². The van der Waals surface area contributed by atoms with Crippen LogP contribution in [0.1, 0.15) is 19.3 Å². The lowest BCUT2D eigenvalue weighted by atomic mass is 10.1. The number of halogens is 2. The Morgan fingerprint density at radius 1 is 1.42 bits per heavy atom. The fourth-order valence-electron chi connectivity index (χ4n) is 2.21. The Hall–Kier alpha value is -2.10. The molecule has 0 bridgehead atoms. The molecule has 1 heterocycles. The molecule has 1 aliphatic rings. The second kappa shape index (κ2) is 8.67. The number of nitrogens with zero attached hydrogens (tertiary/aromatic N) is 2. The molecule has 128 valence electrons. The summed E-state index contributed by atoms with van der Waals surface area (Å²) in [5, 5.41) is 5.01. The van der Waals surface area contributed by atoms with Crippen LogP contribution < -0.4 is 10.2 Å². The number of amides is 1. The number of rotatable bonds is 4. The molecular weight excluding hydrogens is 353 g/mol. The highest BCUT2D eigenvalue weighted by molar-refractivity contribution is 6.37. The van der Waals surface area contributed by atoms with Crippen molar-refractivity contribution in [3.05, 3.63) is 22.2 Å². The fraction of sp³-hybridized carbons (Fsp3) is 0.375. The Morgan fingerprint density at radius 2 is 2.21 bits per heavy atom. The molecule has 8 heteroatoms. The van der Waals surface area contributed by atoms with E-state index in [0.29, 0.717) is 40.3 Å². The lowest BCUT2D eigenvalue weighted by Crippen LogP contribution is -2.40. The van der Waals surface area contributed by atoms with Gasteiger partial charge in [-0.1, -0.05) is 29.1 Å². The molecule has 0 aliphatic carbocycles. The number of ether oxygens (including phenoxy) is 2. The third-order valence-electron chi connectivity index (χ3n) is 3.38. The highest BCUT2D eigenvalue weighted by Crippen LogP contribution is 2.34. The zero-order valence-corrected chi connectivity index (χ0v) is 14.7. The van der Waals surface area contributed by atoms with E-state index in [1.54, 1.807) is 6.07 Å². The number of piperidine rings is 1. The van der Waals surface area contributed by atoms with E-state index >= 15 is 0 Å². The third-order valence-corrected chi connectivity index (χ3v) is 3.98. The van der Waals surface area contributed by atoms with E-state index in [4.69, 9.17) is 39.1 Å². The molecule has 0 unspecified atom stereocenters. The number of hydrazone groups is 1. The molecule has 2 rings (SSSR count). The summed E-state index contributed by atoms with van der Waals surface area (Å²) in [6.45, 7) is 0.656. The number of anilines is 1. The SMILES string of the molecule is C#CCOc1cc(N/N=C2/CCCCN2C(=O)OC)c(Cl)cc1Cl. The number of benzene rings is 1. The van der Waals surface area contributed by atoms with Crippen LogP contribution in [0.25, 0.3) is 0 Å². The van der Waals surface area contributed by atoms with Gasteiger partial charge < -0.3 is 9.47 Å². The quantitative estimate of drug-likeness (QED) is 0.643. The van der Waals surface area contributed by atoms with Gasteiger partial charge in [-0.15, -0.1) is 6.42 Å². The second-order valence-electron chi connectivity index (χ2n) is 4.97. The molecule has 1 aromatic rings. The molecule has 0 radical (unpaired) electrons. The molecule has 0 atom stereocenters. The van der Waals surface area contributed by atoms with Crippen LogP contribution in [0.4, 0.5) is 10.5 Å². The molecule has 6 nitrogen and oxygen atoms in total. The summed E-state index contributed by atoms with van der Waals surface area (Å²) in [6.07, 6.45) is 7.25. The van der Waals surface area contributed by atoms with Crippen LogP contribution in [0.2, 0.25) is 10.0 Å². The molecular formula is C16H17Cl2N3O3. The van der Waals surface area contributed by atoms with Gasteiger partial charge in [0.15, 0.2) is 0 Å². The molecule has 1 aromatic carbocycles. The van der Waals surface area contributed by atoms with Crippen LogP contribution in [0, 0.1) is 12.3 Å². The lowest BCUT2D eigenvalue weighted by Gasteiger charge is -2.26. The number of hydrogen-bond acceptors (Lipinski definition) is 5. The first kappa shape index (κ1) is 18.2. The third kappa shape index (κ3) is 4.47. The van der Waals surface area contributed by atoms with Gasteiger partial charge in [0.25, 0.3) is 0 Å². The molecule has 24 heavy (non-hydrogen) atoms. The Balaban J connectivity index is 2.20. The summed E-state index contributed by atoms with van der Waals surface area (Å²) in [4.78, 5) is 13.3. The van der Waals surface area contributed by atoms with Gasteiger partial charge in [-0.05, 0) is 18.9 Å². The van der Waals surface area contributed by atoms with E-state index in [1.807, 2.05) is 0 Å². The number of likely N-dealkylation sites (tertiary alicyclic amines) is 1. The number of carbonyl (C=O) groups is 1. The average Bonchev–Trinajstić information content (AvgIpc) is 2.59. The van der Waals surface area contributed by atoms with Gasteiger partial charge in [-0.3, -0.25) is 10.3 Å². The van der Waals surface area contributed by atoms with Gasteiger partial charge in [0, 0.05) is 19.0 Å². The van der Waals surface area contributed by atoms with Gasteiger partial charge in [0.1, 0.15) is 18.2 Å². The van der Waals surface area contributed by atoms with Crippen molar-refractivity contribution in [3.63, 3.8) is 0 Å². The maximum atomic E-state index is 11.8. The average molecular weight is 370 g/mol. The van der Waals surface area contributed by atoms with Gasteiger partial charge in [-0.25, -0.2) is 4.79 Å². The van der Waals surface area contributed by atoms with Crippen LogP contribution >= 0.6 is 23.2 Å². The zero-order valence-electron chi connectivity index (χ0n) is 13.1. The van der Waals surface area contributed by atoms with Crippen LogP contribution in [0.3, 0.4) is 0 Å². The van der Waals surface area contributed by atoms with Gasteiger partial charge in [-0.2, -0.15) is 5.10 Å². The number of nitrogens with one attached hydrogen (secondary N) is 1. The molecule has 1 N–H and O–H groups in total. The monoisotopic (exact) mass is 369 g/mol. The van der Waals surface area contributed by atoms with Gasteiger partial charge >= 0.3 is 6.09 Å². The number of amidine groups is 1. The van der Waals surface area contributed by atoms with Crippen molar-refractivity contribution in [1.29, 1.82) is 0 Å². The summed E-state index contributed by atoms with van der Waals surface area (Å²) in [5.41, 5.74) is 3.35. The van der Waals surface area contributed by atoms with Gasteiger partial charge in [0.2, 0.25) is 0 Å². The molecule has 1 aliphatic heterocycles. The molecule has 1 fully saturated rings. The first-order valence-electron chi connectivity index (χ1n) is 7.30. The minimum absolute atomic E-state index is 0.0887. The number of methoxy groups -OCH3 is 1. The van der Waals surface area contributed by atoms with E-state index in [-0.39, 0.29) is 6.61 Å². The standard InChI is InChI=1S/C16H17Cl2N3O3/c1-3-8-24-14-10-13(11(17)9-12(14)18)19-20-15-6-4-5-7-21(15)16(22)23-2/h1,9-10,19H,4-8H2,2H3/b20-15-. The first-order valence-corrected chi connectivity index (χ1v) is 8.05. The van der Waals surface area contributed by atoms with Gasteiger partial charge in [0.05, 0.1) is 22.8 Å². The fourth-order valence-corrected chi connectivity index (χ4v) is 2.69. The Morgan fingerprint density at radius 3 is 2.92 bits per heavy atom. The Bertz CT molecular complexity index is 686. The summed E-state index contributed by atoms with van der Waals surface area (Å²) < 4.78 is 10.1. The van der Waals surface area contributed by atoms with Crippen molar-refractivity contribution in [3.8, 4) is 18.1 Å². The van der Waals surface area contributed by atoms with E-state index in [0.717, 1.165) is 12.8 Å². The van der Waals surface area contributed by atoms with Crippen LogP contribution in [-0.2, 0) is 4.74 Å². The molecule has 1 saturated heterocycles. The van der Waals surface area contributed by atoms with E-state index in [9.17, 15) is 4.79 Å². The Labute approximate surface area is 150 Å². The predicted molar refractivity (Wildman–Crippen MR) is 94.8 cm³/mol. The molecule has 1 amide bonds. The maximum absolute atomic E-state index is 11.8. The topological polar surface area (TPSA) is 63.2 Å². The lowest BCUT2D eigenvalue weighted by molar-refractivity contribution is 0.142. The summed E-state index contributed by atoms with van der Waals surface area (Å²) in [6, 6.07) is 3.15. The summed E-state index contributed by atoms with van der Waals surface area (Å²) >= 11 is 12.2. The summed E-state index contributed by atoms with van der Waals surface area (Å²) in [7, 11) is 1.34. The summed E-state index contributed by atoms with van der Waals surface area (Å²) in [5.74, 6) is 3.35. The minimum atomic E-state index is -0.435. The number of terminal acetylenes is 1. The van der Waals surface area contributed by atoms with Crippen molar-refractivity contribution >= 4 is 40.8 Å². The van der Waals surface area contributed by atoms with E-state index in [2.05, 4.69) is 16.4 Å². The number of carbonyl (C=O) groups excluding carboxylic acids is 1. The van der Waals surface area contributed by atoms with Crippen molar-refractivity contribution in [1.82, 2.24) is 4.90 Å². The highest BCUT2D eigenvalue weighted by Gasteiger charge is 2.23. The second-order valence-corrected chi connectivity index (χ2v) is 5.79. The van der Waals surface area contributed by atoms with Crippen molar-refractivity contribution < 1.29 is 14.3 Å². The zero-order chi connectivity index (χ0) is 17.5. The van der Waals surface area contributed by atoms with Crippen LogP contribution in [-0.4, -0.2) is 37.1 Å².